The maximum Gasteiger partial charge on any atom is 0.0734 e. The Bertz CT molecular complexity index is 492. The molecule has 0 spiro atoms. The first-order valence-electron chi connectivity index (χ1n) is 5.72. The highest BCUT2D eigenvalue weighted by Crippen LogP contribution is 2.23. The zero-order chi connectivity index (χ0) is 12.5. The van der Waals surface area contributed by atoms with Crippen molar-refractivity contribution in [3.63, 3.8) is 0 Å². The average Bonchev–Trinajstić information content (AvgIpc) is 2.76. The molecule has 0 aliphatic rings. The summed E-state index contributed by atoms with van der Waals surface area (Å²) >= 11 is 3.41. The number of nitrogens with zero attached hydrogens (tertiary/aromatic N) is 2. The van der Waals surface area contributed by atoms with Crippen LogP contribution in [0.3, 0.4) is 0 Å². The third kappa shape index (κ3) is 2.78. The molecule has 2 nitrogen and oxygen atoms in total. The van der Waals surface area contributed by atoms with E-state index in [9.17, 15) is 0 Å². The van der Waals surface area contributed by atoms with E-state index in [1.54, 1.807) is 0 Å². The average molecular weight is 293 g/mol. The molecule has 2 rings (SSSR count). The highest BCUT2D eigenvalue weighted by molar-refractivity contribution is 9.08. The van der Waals surface area contributed by atoms with Gasteiger partial charge in [0.2, 0.25) is 0 Å². The summed E-state index contributed by atoms with van der Waals surface area (Å²) in [7, 11) is 0. The van der Waals surface area contributed by atoms with Gasteiger partial charge in [0.25, 0.3) is 0 Å². The first-order chi connectivity index (χ1) is 8.00. The number of benzene rings is 1. The van der Waals surface area contributed by atoms with Crippen LogP contribution in [-0.4, -0.2) is 9.78 Å². The summed E-state index contributed by atoms with van der Waals surface area (Å²) in [5.74, 6) is 0. The molecule has 90 valence electrons. The molecule has 3 heteroatoms. The standard InChI is InChI=1S/C14H17BrN2/c1-14(2,3)11-4-6-13(7-5-11)17-9-8-12(10-15)16-17/h4-9H,10H2,1-3H3. The second-order valence-corrected chi connectivity index (χ2v) is 5.74. The van der Waals surface area contributed by atoms with E-state index in [-0.39, 0.29) is 5.41 Å². The van der Waals surface area contributed by atoms with Crippen LogP contribution in [0, 0.1) is 0 Å². The lowest BCUT2D eigenvalue weighted by molar-refractivity contribution is 0.590. The predicted molar refractivity (Wildman–Crippen MR) is 74.9 cm³/mol. The first-order valence-corrected chi connectivity index (χ1v) is 6.84. The van der Waals surface area contributed by atoms with Crippen molar-refractivity contribution in [1.82, 2.24) is 9.78 Å². The molecule has 0 saturated carbocycles. The summed E-state index contributed by atoms with van der Waals surface area (Å²) < 4.78 is 1.91. The van der Waals surface area contributed by atoms with Crippen LogP contribution < -0.4 is 0 Å². The highest BCUT2D eigenvalue weighted by Gasteiger charge is 2.13. The summed E-state index contributed by atoms with van der Waals surface area (Å²) in [6.07, 6.45) is 1.99. The van der Waals surface area contributed by atoms with Crippen molar-refractivity contribution in [2.75, 3.05) is 0 Å². The molecule has 0 radical (unpaired) electrons. The lowest BCUT2D eigenvalue weighted by Crippen LogP contribution is -2.10. The molecule has 0 N–H and O–H groups in total. The molecule has 1 heterocycles. The molecule has 0 fully saturated rings. The Kier molecular flexibility index (Phi) is 3.38. The van der Waals surface area contributed by atoms with Crippen LogP contribution in [0.15, 0.2) is 36.5 Å². The topological polar surface area (TPSA) is 17.8 Å². The Hall–Kier alpha value is -1.09. The zero-order valence-corrected chi connectivity index (χ0v) is 12.0. The Balaban J connectivity index is 2.29. The van der Waals surface area contributed by atoms with Gasteiger partial charge in [0.1, 0.15) is 0 Å². The van der Waals surface area contributed by atoms with E-state index in [0.717, 1.165) is 16.7 Å². The number of aromatic nitrogens is 2. The van der Waals surface area contributed by atoms with E-state index in [1.165, 1.54) is 5.56 Å². The van der Waals surface area contributed by atoms with Gasteiger partial charge in [-0.2, -0.15) is 5.10 Å². The van der Waals surface area contributed by atoms with Gasteiger partial charge in [-0.3, -0.25) is 0 Å². The van der Waals surface area contributed by atoms with E-state index < -0.39 is 0 Å². The summed E-state index contributed by atoms with van der Waals surface area (Å²) in [6, 6.07) is 10.6. The Morgan fingerprint density at radius 3 is 2.24 bits per heavy atom. The van der Waals surface area contributed by atoms with Gasteiger partial charge >= 0.3 is 0 Å². The summed E-state index contributed by atoms with van der Waals surface area (Å²) in [6.45, 7) is 6.66. The quantitative estimate of drug-likeness (QED) is 0.763. The molecule has 1 aromatic carbocycles. The van der Waals surface area contributed by atoms with E-state index in [4.69, 9.17) is 0 Å². The second-order valence-electron chi connectivity index (χ2n) is 5.18. The summed E-state index contributed by atoms with van der Waals surface area (Å²) in [5.41, 5.74) is 3.69. The number of halogens is 1. The molecular formula is C14H17BrN2. The van der Waals surface area contributed by atoms with Crippen LogP contribution in [0.1, 0.15) is 32.0 Å². The number of rotatable bonds is 2. The third-order valence-corrected chi connectivity index (χ3v) is 3.35. The molecule has 0 saturated heterocycles. The SMILES string of the molecule is CC(C)(C)c1ccc(-n2ccc(CBr)n2)cc1. The summed E-state index contributed by atoms with van der Waals surface area (Å²) in [4.78, 5) is 0. The molecule has 1 aromatic heterocycles. The van der Waals surface area contributed by atoms with Crippen LogP contribution in [0.2, 0.25) is 0 Å². The van der Waals surface area contributed by atoms with Crippen molar-refractivity contribution >= 4 is 15.9 Å². The molecule has 0 atom stereocenters. The Morgan fingerprint density at radius 2 is 1.76 bits per heavy atom. The Morgan fingerprint density at radius 1 is 1.12 bits per heavy atom. The van der Waals surface area contributed by atoms with E-state index in [0.29, 0.717) is 0 Å². The number of alkyl halides is 1. The van der Waals surface area contributed by atoms with Crippen molar-refractivity contribution < 1.29 is 0 Å². The van der Waals surface area contributed by atoms with E-state index in [2.05, 4.69) is 66.1 Å². The van der Waals surface area contributed by atoms with Crippen LogP contribution in [0.4, 0.5) is 0 Å². The molecule has 0 bridgehead atoms. The fourth-order valence-corrected chi connectivity index (χ4v) is 1.99. The van der Waals surface area contributed by atoms with Gasteiger partial charge in [-0.25, -0.2) is 4.68 Å². The van der Waals surface area contributed by atoms with Gasteiger partial charge in [0, 0.05) is 11.5 Å². The van der Waals surface area contributed by atoms with Gasteiger partial charge in [0.05, 0.1) is 11.4 Å². The first kappa shape index (κ1) is 12.4. The van der Waals surface area contributed by atoms with Gasteiger partial charge < -0.3 is 0 Å². The van der Waals surface area contributed by atoms with Crippen molar-refractivity contribution in [3.05, 3.63) is 47.8 Å². The van der Waals surface area contributed by atoms with Gasteiger partial charge in [0.15, 0.2) is 0 Å². The molecule has 0 unspecified atom stereocenters. The van der Waals surface area contributed by atoms with Crippen molar-refractivity contribution in [2.24, 2.45) is 0 Å². The maximum atomic E-state index is 4.46. The molecular weight excluding hydrogens is 276 g/mol. The van der Waals surface area contributed by atoms with Gasteiger partial charge in [-0.15, -0.1) is 0 Å². The summed E-state index contributed by atoms with van der Waals surface area (Å²) in [5, 5.41) is 5.25. The lowest BCUT2D eigenvalue weighted by Gasteiger charge is -2.19. The van der Waals surface area contributed by atoms with Crippen molar-refractivity contribution in [2.45, 2.75) is 31.5 Å². The molecule has 0 amide bonds. The molecule has 2 aromatic rings. The van der Waals surface area contributed by atoms with Crippen LogP contribution in [0.5, 0.6) is 0 Å². The van der Waals surface area contributed by atoms with Crippen LogP contribution >= 0.6 is 15.9 Å². The fourth-order valence-electron chi connectivity index (χ4n) is 1.69. The lowest BCUT2D eigenvalue weighted by atomic mass is 9.87. The smallest absolute Gasteiger partial charge is 0.0734 e. The van der Waals surface area contributed by atoms with Gasteiger partial charge in [-0.05, 0) is 29.2 Å². The number of hydrogen-bond acceptors (Lipinski definition) is 1. The third-order valence-electron chi connectivity index (χ3n) is 2.78. The van der Waals surface area contributed by atoms with Crippen molar-refractivity contribution in [3.8, 4) is 5.69 Å². The predicted octanol–water partition coefficient (Wildman–Crippen LogP) is 4.06. The van der Waals surface area contributed by atoms with E-state index >= 15 is 0 Å². The maximum absolute atomic E-state index is 4.46. The monoisotopic (exact) mass is 292 g/mol. The highest BCUT2D eigenvalue weighted by atomic mass is 79.9. The van der Waals surface area contributed by atoms with Gasteiger partial charge in [-0.1, -0.05) is 48.8 Å². The molecule has 17 heavy (non-hydrogen) atoms. The number of hydrogen-bond donors (Lipinski definition) is 0. The second kappa shape index (κ2) is 4.65. The molecule has 0 aliphatic heterocycles. The Labute approximate surface area is 111 Å². The van der Waals surface area contributed by atoms with E-state index in [1.807, 2.05) is 16.9 Å². The zero-order valence-electron chi connectivity index (χ0n) is 10.4. The van der Waals surface area contributed by atoms with Crippen LogP contribution in [-0.2, 0) is 10.7 Å². The van der Waals surface area contributed by atoms with Crippen LogP contribution in [0.25, 0.3) is 5.69 Å². The minimum absolute atomic E-state index is 0.198. The largest absolute Gasteiger partial charge is 0.241 e. The fraction of sp³-hybridized carbons (Fsp3) is 0.357. The normalized spacial score (nSPS) is 11.8. The minimum atomic E-state index is 0.198. The molecule has 0 aliphatic carbocycles. The van der Waals surface area contributed by atoms with Crippen molar-refractivity contribution in [1.29, 1.82) is 0 Å². The minimum Gasteiger partial charge on any atom is -0.241 e.